The number of aromatic nitrogens is 1. The van der Waals surface area contributed by atoms with Crippen LogP contribution in [0.15, 0.2) is 24.3 Å². The summed E-state index contributed by atoms with van der Waals surface area (Å²) in [6.07, 6.45) is 4.01. The lowest BCUT2D eigenvalue weighted by Crippen LogP contribution is -2.44. The van der Waals surface area contributed by atoms with Gasteiger partial charge in [-0.05, 0) is 45.1 Å². The van der Waals surface area contributed by atoms with E-state index in [0.717, 1.165) is 60.2 Å². The highest BCUT2D eigenvalue weighted by atomic mass is 32.1. The molecule has 3 heterocycles. The number of hydrogen-bond acceptors (Lipinski definition) is 4. The van der Waals surface area contributed by atoms with Gasteiger partial charge in [0.25, 0.3) is 0 Å². The molecule has 1 N–H and O–H groups in total. The normalized spacial score (nSPS) is 19.2. The van der Waals surface area contributed by atoms with E-state index in [-0.39, 0.29) is 5.91 Å². The SMILES string of the molecule is Cc1ccc(-c2nc(C)sc2CC(=O)N2CCC3(CCNC3)CC2)cc1. The molecule has 2 aromatic rings. The Hall–Kier alpha value is -1.72. The molecule has 0 bridgehead atoms. The van der Waals surface area contributed by atoms with Crippen LogP contribution >= 0.6 is 11.3 Å². The van der Waals surface area contributed by atoms with Crippen molar-refractivity contribution in [3.05, 3.63) is 39.7 Å². The molecule has 2 aliphatic heterocycles. The average Bonchev–Trinajstić information content (AvgIpc) is 3.23. The largest absolute Gasteiger partial charge is 0.342 e. The van der Waals surface area contributed by atoms with Crippen LogP contribution in [0, 0.1) is 19.3 Å². The number of nitrogens with zero attached hydrogens (tertiary/aromatic N) is 2. The summed E-state index contributed by atoms with van der Waals surface area (Å²) in [5.41, 5.74) is 3.78. The first-order valence-electron chi connectivity index (χ1n) is 9.57. The van der Waals surface area contributed by atoms with E-state index in [4.69, 9.17) is 4.98 Å². The van der Waals surface area contributed by atoms with Gasteiger partial charge in [-0.2, -0.15) is 0 Å². The maximum absolute atomic E-state index is 12.9. The fourth-order valence-corrected chi connectivity index (χ4v) is 5.18. The highest BCUT2D eigenvalue weighted by Gasteiger charge is 2.38. The topological polar surface area (TPSA) is 45.2 Å². The average molecular weight is 370 g/mol. The van der Waals surface area contributed by atoms with Crippen LogP contribution in [-0.4, -0.2) is 42.0 Å². The minimum Gasteiger partial charge on any atom is -0.342 e. The van der Waals surface area contributed by atoms with Crippen molar-refractivity contribution in [3.8, 4) is 11.3 Å². The molecule has 138 valence electrons. The third-order valence-electron chi connectivity index (χ3n) is 5.95. The van der Waals surface area contributed by atoms with Crippen molar-refractivity contribution in [2.45, 2.75) is 39.5 Å². The lowest BCUT2D eigenvalue weighted by Gasteiger charge is -2.38. The molecule has 0 saturated carbocycles. The monoisotopic (exact) mass is 369 g/mol. The Morgan fingerprint density at radius 2 is 1.92 bits per heavy atom. The van der Waals surface area contributed by atoms with Gasteiger partial charge in [0.1, 0.15) is 0 Å². The van der Waals surface area contributed by atoms with Crippen LogP contribution in [-0.2, 0) is 11.2 Å². The number of thiazole rings is 1. The van der Waals surface area contributed by atoms with E-state index in [1.807, 2.05) is 6.92 Å². The van der Waals surface area contributed by atoms with Crippen molar-refractivity contribution < 1.29 is 4.79 Å². The van der Waals surface area contributed by atoms with Gasteiger partial charge in [-0.1, -0.05) is 29.8 Å². The number of nitrogens with one attached hydrogen (secondary N) is 1. The zero-order valence-electron chi connectivity index (χ0n) is 15.7. The third kappa shape index (κ3) is 3.55. The molecule has 2 saturated heterocycles. The van der Waals surface area contributed by atoms with E-state index in [9.17, 15) is 4.79 Å². The third-order valence-corrected chi connectivity index (χ3v) is 6.92. The van der Waals surface area contributed by atoms with Gasteiger partial charge in [0.2, 0.25) is 5.91 Å². The molecule has 26 heavy (non-hydrogen) atoms. The number of carbonyl (C=O) groups is 1. The number of rotatable bonds is 3. The number of aryl methyl sites for hydroxylation is 2. The molecule has 0 radical (unpaired) electrons. The molecule has 1 aromatic heterocycles. The van der Waals surface area contributed by atoms with Gasteiger partial charge < -0.3 is 10.2 Å². The number of piperidine rings is 1. The zero-order valence-corrected chi connectivity index (χ0v) is 16.5. The molecular weight excluding hydrogens is 342 g/mol. The number of likely N-dealkylation sites (tertiary alicyclic amines) is 1. The Bertz CT molecular complexity index is 780. The Balaban J connectivity index is 1.46. The molecule has 2 fully saturated rings. The first-order valence-corrected chi connectivity index (χ1v) is 10.4. The van der Waals surface area contributed by atoms with E-state index in [0.29, 0.717) is 11.8 Å². The molecule has 4 nitrogen and oxygen atoms in total. The summed E-state index contributed by atoms with van der Waals surface area (Å²) in [4.78, 5) is 20.8. The number of carbonyl (C=O) groups excluding carboxylic acids is 1. The van der Waals surface area contributed by atoms with Gasteiger partial charge in [-0.15, -0.1) is 11.3 Å². The Morgan fingerprint density at radius 3 is 2.58 bits per heavy atom. The molecule has 4 rings (SSSR count). The Labute approximate surface area is 159 Å². The molecule has 1 aromatic carbocycles. The van der Waals surface area contributed by atoms with E-state index in [1.54, 1.807) is 11.3 Å². The van der Waals surface area contributed by atoms with Crippen LogP contribution in [0.4, 0.5) is 0 Å². The summed E-state index contributed by atoms with van der Waals surface area (Å²) >= 11 is 1.66. The van der Waals surface area contributed by atoms with Crippen molar-refractivity contribution in [2.75, 3.05) is 26.2 Å². The second kappa shape index (κ2) is 7.12. The van der Waals surface area contributed by atoms with Crippen molar-refractivity contribution in [3.63, 3.8) is 0 Å². The Morgan fingerprint density at radius 1 is 1.19 bits per heavy atom. The lowest BCUT2D eigenvalue weighted by molar-refractivity contribution is -0.132. The van der Waals surface area contributed by atoms with E-state index >= 15 is 0 Å². The maximum Gasteiger partial charge on any atom is 0.227 e. The first kappa shape index (κ1) is 17.7. The van der Waals surface area contributed by atoms with Crippen LogP contribution in [0.3, 0.4) is 0 Å². The van der Waals surface area contributed by atoms with Gasteiger partial charge in [-0.25, -0.2) is 4.98 Å². The molecule has 0 atom stereocenters. The summed E-state index contributed by atoms with van der Waals surface area (Å²) < 4.78 is 0. The molecule has 1 spiro atoms. The molecule has 0 aliphatic carbocycles. The number of benzene rings is 1. The molecule has 2 aliphatic rings. The summed E-state index contributed by atoms with van der Waals surface area (Å²) in [5.74, 6) is 0.253. The molecular formula is C21H27N3OS. The Kier molecular flexibility index (Phi) is 4.84. The fourth-order valence-electron chi connectivity index (χ4n) is 4.23. The second-order valence-electron chi connectivity index (χ2n) is 7.86. The predicted molar refractivity (Wildman–Crippen MR) is 106 cm³/mol. The van der Waals surface area contributed by atoms with Crippen LogP contribution in [0.25, 0.3) is 11.3 Å². The van der Waals surface area contributed by atoms with E-state index in [1.165, 1.54) is 12.0 Å². The quantitative estimate of drug-likeness (QED) is 0.900. The van der Waals surface area contributed by atoms with Crippen molar-refractivity contribution >= 4 is 17.2 Å². The van der Waals surface area contributed by atoms with Crippen molar-refractivity contribution in [2.24, 2.45) is 5.41 Å². The highest BCUT2D eigenvalue weighted by molar-refractivity contribution is 7.12. The van der Waals surface area contributed by atoms with Gasteiger partial charge in [0.15, 0.2) is 0 Å². The van der Waals surface area contributed by atoms with Gasteiger partial charge in [-0.3, -0.25) is 4.79 Å². The van der Waals surface area contributed by atoms with Crippen molar-refractivity contribution in [1.29, 1.82) is 0 Å². The van der Waals surface area contributed by atoms with Gasteiger partial charge in [0.05, 0.1) is 17.1 Å². The molecule has 0 unspecified atom stereocenters. The van der Waals surface area contributed by atoms with E-state index < -0.39 is 0 Å². The smallest absolute Gasteiger partial charge is 0.227 e. The minimum absolute atomic E-state index is 0.253. The first-order chi connectivity index (χ1) is 12.5. The van der Waals surface area contributed by atoms with Crippen LogP contribution < -0.4 is 5.32 Å². The zero-order chi connectivity index (χ0) is 18.1. The maximum atomic E-state index is 12.9. The summed E-state index contributed by atoms with van der Waals surface area (Å²) in [7, 11) is 0. The fraction of sp³-hybridized carbons (Fsp3) is 0.524. The summed E-state index contributed by atoms with van der Waals surface area (Å²) in [6.45, 7) is 8.17. The lowest BCUT2D eigenvalue weighted by atomic mass is 9.78. The molecule has 1 amide bonds. The van der Waals surface area contributed by atoms with Crippen LogP contribution in [0.5, 0.6) is 0 Å². The minimum atomic E-state index is 0.253. The van der Waals surface area contributed by atoms with Gasteiger partial charge in [0, 0.05) is 30.1 Å². The standard InChI is InChI=1S/C21H27N3OS/c1-15-3-5-17(6-4-15)20-18(26-16(2)23-20)13-19(25)24-11-8-21(9-12-24)7-10-22-14-21/h3-6,22H,7-14H2,1-2H3. The second-order valence-corrected chi connectivity index (χ2v) is 9.14. The highest BCUT2D eigenvalue weighted by Crippen LogP contribution is 2.37. The number of amides is 1. The van der Waals surface area contributed by atoms with Crippen LogP contribution in [0.1, 0.15) is 34.7 Å². The summed E-state index contributed by atoms with van der Waals surface area (Å²) in [6, 6.07) is 8.43. The van der Waals surface area contributed by atoms with Crippen LogP contribution in [0.2, 0.25) is 0 Å². The van der Waals surface area contributed by atoms with E-state index in [2.05, 4.69) is 41.4 Å². The van der Waals surface area contributed by atoms with Crippen molar-refractivity contribution in [1.82, 2.24) is 15.2 Å². The summed E-state index contributed by atoms with van der Waals surface area (Å²) in [5, 5.41) is 4.51. The number of hydrogen-bond donors (Lipinski definition) is 1. The predicted octanol–water partition coefficient (Wildman–Crippen LogP) is 3.57. The van der Waals surface area contributed by atoms with Gasteiger partial charge >= 0.3 is 0 Å². The molecule has 5 heteroatoms.